The van der Waals surface area contributed by atoms with Crippen molar-refractivity contribution >= 4 is 11.8 Å². The average molecular weight is 275 g/mol. The van der Waals surface area contributed by atoms with Crippen LogP contribution in [0.1, 0.15) is 17.8 Å². The molecule has 1 atom stereocenters. The van der Waals surface area contributed by atoms with Crippen molar-refractivity contribution in [2.24, 2.45) is 5.92 Å². The maximum atomic E-state index is 11.8. The molecule has 0 bridgehead atoms. The number of carbonyl (C=O) groups excluding carboxylic acids is 1. The number of nitrogens with one attached hydrogen (secondary N) is 2. The SMILES string of the molecule is Cc1conc1NC(=O)NCC1CCn2ccnc2C1. The van der Waals surface area contributed by atoms with E-state index in [1.807, 2.05) is 19.3 Å². The van der Waals surface area contributed by atoms with E-state index in [2.05, 4.69) is 25.3 Å². The number of rotatable bonds is 3. The average Bonchev–Trinajstić information content (AvgIpc) is 3.05. The Labute approximate surface area is 116 Å². The van der Waals surface area contributed by atoms with Crippen LogP contribution in [0.4, 0.5) is 10.6 Å². The van der Waals surface area contributed by atoms with Crippen LogP contribution in [-0.4, -0.2) is 27.3 Å². The summed E-state index contributed by atoms with van der Waals surface area (Å²) in [4.78, 5) is 16.1. The summed E-state index contributed by atoms with van der Waals surface area (Å²) in [5, 5.41) is 9.25. The summed E-state index contributed by atoms with van der Waals surface area (Å²) in [6.07, 6.45) is 7.27. The highest BCUT2D eigenvalue weighted by Gasteiger charge is 2.19. The van der Waals surface area contributed by atoms with Crippen LogP contribution in [0.15, 0.2) is 23.2 Å². The molecular weight excluding hydrogens is 258 g/mol. The van der Waals surface area contributed by atoms with E-state index in [4.69, 9.17) is 4.52 Å². The zero-order valence-corrected chi connectivity index (χ0v) is 11.3. The summed E-state index contributed by atoms with van der Waals surface area (Å²) in [7, 11) is 0. The first-order valence-corrected chi connectivity index (χ1v) is 6.68. The van der Waals surface area contributed by atoms with Crippen molar-refractivity contribution in [3.63, 3.8) is 0 Å². The van der Waals surface area contributed by atoms with E-state index in [0.717, 1.165) is 30.8 Å². The van der Waals surface area contributed by atoms with Crippen molar-refractivity contribution < 1.29 is 9.32 Å². The minimum Gasteiger partial charge on any atom is -0.362 e. The highest BCUT2D eigenvalue weighted by Crippen LogP contribution is 2.18. The molecule has 20 heavy (non-hydrogen) atoms. The minimum atomic E-state index is -0.254. The van der Waals surface area contributed by atoms with Crippen LogP contribution in [0.5, 0.6) is 0 Å². The first-order valence-electron chi connectivity index (χ1n) is 6.68. The molecular formula is C13H17N5O2. The van der Waals surface area contributed by atoms with Crippen molar-refractivity contribution in [3.8, 4) is 0 Å². The second kappa shape index (κ2) is 5.36. The first kappa shape index (κ1) is 12.7. The molecule has 2 amide bonds. The van der Waals surface area contributed by atoms with E-state index in [9.17, 15) is 4.79 Å². The van der Waals surface area contributed by atoms with E-state index >= 15 is 0 Å². The maximum Gasteiger partial charge on any atom is 0.320 e. The fraction of sp³-hybridized carbons (Fsp3) is 0.462. The number of aryl methyl sites for hydroxylation is 2. The molecule has 106 valence electrons. The van der Waals surface area contributed by atoms with Crippen molar-refractivity contribution in [3.05, 3.63) is 30.0 Å². The van der Waals surface area contributed by atoms with E-state index < -0.39 is 0 Å². The molecule has 0 saturated carbocycles. The van der Waals surface area contributed by atoms with Crippen LogP contribution in [-0.2, 0) is 13.0 Å². The molecule has 2 N–H and O–H groups in total. The lowest BCUT2D eigenvalue weighted by Crippen LogP contribution is -2.36. The fourth-order valence-corrected chi connectivity index (χ4v) is 2.39. The lowest BCUT2D eigenvalue weighted by Gasteiger charge is -2.23. The summed E-state index contributed by atoms with van der Waals surface area (Å²) < 4.78 is 6.93. The number of aromatic nitrogens is 3. The van der Waals surface area contributed by atoms with Gasteiger partial charge in [-0.3, -0.25) is 5.32 Å². The van der Waals surface area contributed by atoms with Crippen molar-refractivity contribution in [1.29, 1.82) is 0 Å². The zero-order valence-electron chi connectivity index (χ0n) is 11.3. The van der Waals surface area contributed by atoms with Gasteiger partial charge in [0.2, 0.25) is 0 Å². The summed E-state index contributed by atoms with van der Waals surface area (Å²) in [5.41, 5.74) is 0.805. The molecule has 2 aromatic rings. The molecule has 2 aromatic heterocycles. The lowest BCUT2D eigenvalue weighted by molar-refractivity contribution is 0.248. The van der Waals surface area contributed by atoms with E-state index in [0.29, 0.717) is 18.3 Å². The zero-order chi connectivity index (χ0) is 13.9. The molecule has 7 nitrogen and oxygen atoms in total. The van der Waals surface area contributed by atoms with Gasteiger partial charge in [0.15, 0.2) is 5.82 Å². The molecule has 1 aliphatic rings. The van der Waals surface area contributed by atoms with Gasteiger partial charge in [-0.1, -0.05) is 5.16 Å². The van der Waals surface area contributed by atoms with Gasteiger partial charge in [-0.25, -0.2) is 9.78 Å². The number of anilines is 1. The van der Waals surface area contributed by atoms with Crippen LogP contribution in [0.25, 0.3) is 0 Å². The smallest absolute Gasteiger partial charge is 0.320 e. The Hall–Kier alpha value is -2.31. The second-order valence-electron chi connectivity index (χ2n) is 5.08. The Kier molecular flexibility index (Phi) is 3.41. The third-order valence-electron chi connectivity index (χ3n) is 3.58. The fourth-order valence-electron chi connectivity index (χ4n) is 2.39. The number of urea groups is 1. The molecule has 0 fully saturated rings. The predicted molar refractivity (Wildman–Crippen MR) is 72.3 cm³/mol. The number of nitrogens with zero attached hydrogens (tertiary/aromatic N) is 3. The molecule has 0 aromatic carbocycles. The Bertz CT molecular complexity index is 603. The summed E-state index contributed by atoms with van der Waals surface area (Å²) in [5.74, 6) is 1.98. The normalized spacial score (nSPS) is 17.6. The highest BCUT2D eigenvalue weighted by atomic mass is 16.5. The molecule has 3 heterocycles. The molecule has 0 spiro atoms. The standard InChI is InChI=1S/C13H17N5O2/c1-9-8-20-17-12(9)16-13(19)15-7-10-2-4-18-5-3-14-11(18)6-10/h3,5,8,10H,2,4,6-7H2,1H3,(H2,15,16,17,19). The number of carbonyl (C=O) groups is 1. The van der Waals surface area contributed by atoms with Gasteiger partial charge in [-0.2, -0.15) is 0 Å². The quantitative estimate of drug-likeness (QED) is 0.890. The number of hydrogen-bond donors (Lipinski definition) is 2. The highest BCUT2D eigenvalue weighted by molar-refractivity contribution is 5.88. The van der Waals surface area contributed by atoms with Gasteiger partial charge >= 0.3 is 6.03 Å². The van der Waals surface area contributed by atoms with Gasteiger partial charge in [0.25, 0.3) is 0 Å². The molecule has 7 heteroatoms. The Balaban J connectivity index is 1.48. The third kappa shape index (κ3) is 2.66. The first-order chi connectivity index (χ1) is 9.72. The number of amides is 2. The third-order valence-corrected chi connectivity index (χ3v) is 3.58. The second-order valence-corrected chi connectivity index (χ2v) is 5.08. The Morgan fingerprint density at radius 2 is 2.50 bits per heavy atom. The van der Waals surface area contributed by atoms with Gasteiger partial charge in [-0.15, -0.1) is 0 Å². The largest absolute Gasteiger partial charge is 0.362 e. The lowest BCUT2D eigenvalue weighted by atomic mass is 9.98. The number of hydrogen-bond acceptors (Lipinski definition) is 4. The van der Waals surface area contributed by atoms with Crippen LogP contribution < -0.4 is 10.6 Å². The van der Waals surface area contributed by atoms with Crippen molar-refractivity contribution in [1.82, 2.24) is 20.0 Å². The summed E-state index contributed by atoms with van der Waals surface area (Å²) in [6.45, 7) is 3.42. The minimum absolute atomic E-state index is 0.254. The molecule has 0 saturated heterocycles. The van der Waals surface area contributed by atoms with Gasteiger partial charge in [0, 0.05) is 37.5 Å². The van der Waals surface area contributed by atoms with Gasteiger partial charge < -0.3 is 14.4 Å². The van der Waals surface area contributed by atoms with Crippen LogP contribution in [0.3, 0.4) is 0 Å². The monoisotopic (exact) mass is 275 g/mol. The predicted octanol–water partition coefficient (Wildman–Crippen LogP) is 1.56. The summed E-state index contributed by atoms with van der Waals surface area (Å²) in [6, 6.07) is -0.254. The topological polar surface area (TPSA) is 85.0 Å². The van der Waals surface area contributed by atoms with E-state index in [1.54, 1.807) is 0 Å². The molecule has 1 aliphatic heterocycles. The Morgan fingerprint density at radius 1 is 1.60 bits per heavy atom. The summed E-state index contributed by atoms with van der Waals surface area (Å²) >= 11 is 0. The van der Waals surface area contributed by atoms with Crippen molar-refractivity contribution in [2.45, 2.75) is 26.3 Å². The van der Waals surface area contributed by atoms with Crippen LogP contribution in [0, 0.1) is 12.8 Å². The Morgan fingerprint density at radius 3 is 3.30 bits per heavy atom. The van der Waals surface area contributed by atoms with Crippen molar-refractivity contribution in [2.75, 3.05) is 11.9 Å². The van der Waals surface area contributed by atoms with Gasteiger partial charge in [0.1, 0.15) is 12.1 Å². The van der Waals surface area contributed by atoms with Gasteiger partial charge in [-0.05, 0) is 19.3 Å². The van der Waals surface area contributed by atoms with Crippen LogP contribution >= 0.6 is 0 Å². The van der Waals surface area contributed by atoms with Gasteiger partial charge in [0.05, 0.1) is 0 Å². The molecule has 0 aliphatic carbocycles. The number of imidazole rings is 1. The maximum absolute atomic E-state index is 11.8. The van der Waals surface area contributed by atoms with Crippen LogP contribution in [0.2, 0.25) is 0 Å². The number of fused-ring (bicyclic) bond motifs is 1. The molecule has 1 unspecified atom stereocenters. The molecule has 3 rings (SSSR count). The van der Waals surface area contributed by atoms with E-state index in [1.165, 1.54) is 6.26 Å². The van der Waals surface area contributed by atoms with E-state index in [-0.39, 0.29) is 6.03 Å². The molecule has 0 radical (unpaired) electrons.